The average molecular weight is 347 g/mol. The second-order valence-electron chi connectivity index (χ2n) is 7.01. The first-order valence-electron chi connectivity index (χ1n) is 8.88. The van der Waals surface area contributed by atoms with E-state index in [1.165, 1.54) is 6.07 Å². The molecule has 1 aromatic carbocycles. The van der Waals surface area contributed by atoms with Crippen LogP contribution in [0.4, 0.5) is 11.4 Å². The summed E-state index contributed by atoms with van der Waals surface area (Å²) in [5.74, 6) is 0.195. The van der Waals surface area contributed by atoms with Crippen molar-refractivity contribution in [2.45, 2.75) is 38.9 Å². The van der Waals surface area contributed by atoms with Crippen molar-refractivity contribution in [2.24, 2.45) is 5.92 Å². The topological polar surface area (TPSA) is 75.9 Å². The maximum atomic E-state index is 12.8. The van der Waals surface area contributed by atoms with Crippen LogP contribution in [0.1, 0.15) is 26.7 Å². The number of para-hydroxylation sites is 2. The summed E-state index contributed by atoms with van der Waals surface area (Å²) in [6, 6.07) is 6.81. The molecule has 0 spiro atoms. The summed E-state index contributed by atoms with van der Waals surface area (Å²) in [6.07, 6.45) is 1.59. The third-order valence-electron chi connectivity index (χ3n) is 4.99. The minimum absolute atomic E-state index is 0.00322. The number of amides is 1. The molecule has 0 unspecified atom stereocenters. The van der Waals surface area contributed by atoms with Crippen molar-refractivity contribution in [1.82, 2.24) is 4.90 Å². The van der Waals surface area contributed by atoms with E-state index in [9.17, 15) is 14.9 Å². The lowest BCUT2D eigenvalue weighted by molar-refractivity contribution is -0.384. The first-order valence-corrected chi connectivity index (χ1v) is 8.88. The number of rotatable bonds is 3. The summed E-state index contributed by atoms with van der Waals surface area (Å²) >= 11 is 0. The predicted octanol–water partition coefficient (Wildman–Crippen LogP) is 2.45. The monoisotopic (exact) mass is 347 g/mol. The average Bonchev–Trinajstić information content (AvgIpc) is 2.60. The Hall–Kier alpha value is -2.15. The number of nitro benzene ring substituents is 1. The summed E-state index contributed by atoms with van der Waals surface area (Å²) in [7, 11) is 0. The van der Waals surface area contributed by atoms with Crippen LogP contribution >= 0.6 is 0 Å². The maximum absolute atomic E-state index is 12.8. The normalized spacial score (nSPS) is 25.0. The molecule has 3 rings (SSSR count). The fourth-order valence-corrected chi connectivity index (χ4v) is 3.87. The van der Waals surface area contributed by atoms with Gasteiger partial charge in [0.05, 0.1) is 17.1 Å². The van der Waals surface area contributed by atoms with Crippen LogP contribution < -0.4 is 4.90 Å². The fourth-order valence-electron chi connectivity index (χ4n) is 3.87. The van der Waals surface area contributed by atoms with Gasteiger partial charge < -0.3 is 14.5 Å². The van der Waals surface area contributed by atoms with Gasteiger partial charge in [-0.3, -0.25) is 14.9 Å². The summed E-state index contributed by atoms with van der Waals surface area (Å²) in [5.41, 5.74) is 0.773. The van der Waals surface area contributed by atoms with E-state index in [0.29, 0.717) is 31.9 Å². The first-order chi connectivity index (χ1) is 12.0. The molecule has 0 N–H and O–H groups in total. The van der Waals surface area contributed by atoms with Crippen LogP contribution in [-0.2, 0) is 9.53 Å². The Kier molecular flexibility index (Phi) is 5.22. The molecule has 1 aromatic rings. The van der Waals surface area contributed by atoms with Gasteiger partial charge in [-0.25, -0.2) is 0 Å². The third-order valence-corrected chi connectivity index (χ3v) is 4.99. The van der Waals surface area contributed by atoms with E-state index < -0.39 is 0 Å². The van der Waals surface area contributed by atoms with E-state index in [2.05, 4.69) is 0 Å². The van der Waals surface area contributed by atoms with Crippen LogP contribution in [0.2, 0.25) is 0 Å². The van der Waals surface area contributed by atoms with Gasteiger partial charge in [0.15, 0.2) is 0 Å². The first kappa shape index (κ1) is 17.7. The molecule has 2 atom stereocenters. The van der Waals surface area contributed by atoms with Crippen LogP contribution in [0, 0.1) is 16.0 Å². The molecule has 0 bridgehead atoms. The minimum atomic E-state index is -0.344. The Morgan fingerprint density at radius 2 is 1.76 bits per heavy atom. The molecule has 0 saturated carbocycles. The Labute approximate surface area is 147 Å². The van der Waals surface area contributed by atoms with Crippen molar-refractivity contribution in [1.29, 1.82) is 0 Å². The van der Waals surface area contributed by atoms with Gasteiger partial charge in [0.2, 0.25) is 5.91 Å². The predicted molar refractivity (Wildman–Crippen MR) is 94.6 cm³/mol. The lowest BCUT2D eigenvalue weighted by Gasteiger charge is -2.39. The molecule has 136 valence electrons. The zero-order chi connectivity index (χ0) is 18.0. The van der Waals surface area contributed by atoms with Gasteiger partial charge in [-0.1, -0.05) is 12.1 Å². The summed E-state index contributed by atoms with van der Waals surface area (Å²) < 4.78 is 5.70. The van der Waals surface area contributed by atoms with Crippen LogP contribution in [-0.4, -0.2) is 54.1 Å². The number of carbonyl (C=O) groups is 1. The van der Waals surface area contributed by atoms with Crippen LogP contribution in [0.5, 0.6) is 0 Å². The molecule has 2 fully saturated rings. The number of piperidine rings is 1. The number of ether oxygens (including phenoxy) is 1. The van der Waals surface area contributed by atoms with Crippen LogP contribution in [0.25, 0.3) is 0 Å². The van der Waals surface area contributed by atoms with Gasteiger partial charge in [-0.2, -0.15) is 0 Å². The zero-order valence-electron chi connectivity index (χ0n) is 14.8. The quantitative estimate of drug-likeness (QED) is 0.620. The number of nitro groups is 1. The molecule has 7 nitrogen and oxygen atoms in total. The number of carbonyl (C=O) groups excluding carboxylic acids is 1. The molecule has 0 radical (unpaired) electrons. The molecule has 0 aromatic heterocycles. The van der Waals surface area contributed by atoms with Crippen molar-refractivity contribution < 1.29 is 14.5 Å². The summed E-state index contributed by atoms with van der Waals surface area (Å²) in [6.45, 7) is 6.61. The van der Waals surface area contributed by atoms with E-state index in [4.69, 9.17) is 4.74 Å². The molecular formula is C18H25N3O4. The largest absolute Gasteiger partial charge is 0.372 e. The van der Waals surface area contributed by atoms with Crippen molar-refractivity contribution in [3.05, 3.63) is 34.4 Å². The van der Waals surface area contributed by atoms with E-state index in [1.807, 2.05) is 29.7 Å². The van der Waals surface area contributed by atoms with Gasteiger partial charge in [-0.15, -0.1) is 0 Å². The molecule has 1 amide bonds. The molecule has 2 heterocycles. The van der Waals surface area contributed by atoms with Gasteiger partial charge in [0.25, 0.3) is 5.69 Å². The minimum Gasteiger partial charge on any atom is -0.372 e. The SMILES string of the molecule is C[C@@H]1CN(C(=O)C2CCN(c3ccccc3[N+](=O)[O-])CC2)C[C@H](C)O1. The van der Waals surface area contributed by atoms with E-state index in [-0.39, 0.29) is 34.6 Å². The highest BCUT2D eigenvalue weighted by Gasteiger charge is 2.33. The van der Waals surface area contributed by atoms with Gasteiger partial charge in [0.1, 0.15) is 5.69 Å². The lowest BCUT2D eigenvalue weighted by atomic mass is 9.94. The third kappa shape index (κ3) is 3.92. The number of benzene rings is 1. The smallest absolute Gasteiger partial charge is 0.292 e. The molecule has 2 saturated heterocycles. The zero-order valence-corrected chi connectivity index (χ0v) is 14.8. The Balaban J connectivity index is 1.62. The number of hydrogen-bond donors (Lipinski definition) is 0. The van der Waals surface area contributed by atoms with E-state index >= 15 is 0 Å². The Bertz CT molecular complexity index is 633. The highest BCUT2D eigenvalue weighted by atomic mass is 16.6. The molecule has 7 heteroatoms. The second kappa shape index (κ2) is 7.39. The van der Waals surface area contributed by atoms with Crippen molar-refractivity contribution in [3.63, 3.8) is 0 Å². The molecule has 2 aliphatic rings. The molecule has 0 aliphatic carbocycles. The number of hydrogen-bond acceptors (Lipinski definition) is 5. The van der Waals surface area contributed by atoms with Gasteiger partial charge >= 0.3 is 0 Å². The molecule has 2 aliphatic heterocycles. The van der Waals surface area contributed by atoms with E-state index in [1.54, 1.807) is 12.1 Å². The van der Waals surface area contributed by atoms with Gasteiger partial charge in [0, 0.05) is 38.2 Å². The van der Waals surface area contributed by atoms with Crippen LogP contribution in [0.15, 0.2) is 24.3 Å². The van der Waals surface area contributed by atoms with Crippen molar-refractivity contribution in [2.75, 3.05) is 31.1 Å². The molecular weight excluding hydrogens is 322 g/mol. The van der Waals surface area contributed by atoms with Gasteiger partial charge in [-0.05, 0) is 32.8 Å². The number of nitrogens with zero attached hydrogens (tertiary/aromatic N) is 3. The second-order valence-corrected chi connectivity index (χ2v) is 7.01. The number of morpholine rings is 1. The van der Waals surface area contributed by atoms with E-state index in [0.717, 1.165) is 12.8 Å². The highest BCUT2D eigenvalue weighted by Crippen LogP contribution is 2.31. The maximum Gasteiger partial charge on any atom is 0.292 e. The lowest BCUT2D eigenvalue weighted by Crippen LogP contribution is -2.51. The highest BCUT2D eigenvalue weighted by molar-refractivity contribution is 5.79. The standard InChI is InChI=1S/C18H25N3O4/c1-13-11-20(12-14(2)25-13)18(22)15-7-9-19(10-8-15)16-5-3-4-6-17(16)21(23)24/h3-6,13-15H,7-12H2,1-2H3/t13-,14+. The Morgan fingerprint density at radius 1 is 1.16 bits per heavy atom. The van der Waals surface area contributed by atoms with Crippen molar-refractivity contribution >= 4 is 17.3 Å². The summed E-state index contributed by atoms with van der Waals surface area (Å²) in [5, 5.41) is 11.2. The Morgan fingerprint density at radius 3 is 2.36 bits per heavy atom. The van der Waals surface area contributed by atoms with Crippen LogP contribution in [0.3, 0.4) is 0 Å². The molecule has 25 heavy (non-hydrogen) atoms. The number of anilines is 1. The summed E-state index contributed by atoms with van der Waals surface area (Å²) in [4.78, 5) is 27.6. The fraction of sp³-hybridized carbons (Fsp3) is 0.611. The van der Waals surface area contributed by atoms with Crippen molar-refractivity contribution in [3.8, 4) is 0 Å².